The van der Waals surface area contributed by atoms with E-state index >= 15 is 8.78 Å². The fourth-order valence-electron chi connectivity index (χ4n) is 3.52. The van der Waals surface area contributed by atoms with Crippen LogP contribution < -0.4 is 16.5 Å². The monoisotopic (exact) mass is 588 g/mol. The topological polar surface area (TPSA) is 170 Å². The van der Waals surface area contributed by atoms with Crippen LogP contribution in [0.15, 0.2) is 47.4 Å². The van der Waals surface area contributed by atoms with Crippen LogP contribution >= 0.6 is 8.18 Å². The Hall–Kier alpha value is -3.39. The van der Waals surface area contributed by atoms with Crippen LogP contribution in [0.2, 0.25) is 0 Å². The molecule has 1 aromatic carbocycles. The highest BCUT2D eigenvalue weighted by Crippen LogP contribution is 2.44. The molecule has 4 unspecified atom stereocenters. The first kappa shape index (κ1) is 31.1. The molecule has 0 spiro atoms. The number of nitrogens with two attached hydrogens (primary N) is 1. The van der Waals surface area contributed by atoms with Gasteiger partial charge in [0.15, 0.2) is 0 Å². The van der Waals surface area contributed by atoms with E-state index in [0.717, 1.165) is 17.8 Å². The summed E-state index contributed by atoms with van der Waals surface area (Å²) in [6, 6.07) is 8.90. The molecule has 0 saturated carbocycles. The highest BCUT2D eigenvalue weighted by Gasteiger charge is 2.63. The Kier molecular flexibility index (Phi) is 10.0. The van der Waals surface area contributed by atoms with Crippen molar-refractivity contribution in [1.82, 2.24) is 14.6 Å². The third kappa shape index (κ3) is 8.31. The Morgan fingerprint density at radius 3 is 2.55 bits per heavy atom. The second kappa shape index (κ2) is 12.9. The number of esters is 1. The number of nitrogen functional groups attached to an aromatic ring is 1. The molecule has 1 aromatic heterocycles. The van der Waals surface area contributed by atoms with Gasteiger partial charge in [-0.1, -0.05) is 30.3 Å². The van der Waals surface area contributed by atoms with Gasteiger partial charge in [0.25, 0.3) is 8.18 Å². The maximum absolute atomic E-state index is 15.5. The predicted octanol–water partition coefficient (Wildman–Crippen LogP) is 2.81. The minimum absolute atomic E-state index is 0.0110. The predicted molar refractivity (Wildman–Crippen MR) is 137 cm³/mol. The van der Waals surface area contributed by atoms with E-state index in [2.05, 4.69) is 10.1 Å². The van der Waals surface area contributed by atoms with Crippen LogP contribution in [-0.2, 0) is 39.4 Å². The number of nitrogens with one attached hydrogen (secondary N) is 1. The Bertz CT molecular complexity index is 1270. The zero-order valence-corrected chi connectivity index (χ0v) is 23.2. The number of rotatable bonds is 10. The van der Waals surface area contributed by atoms with Crippen molar-refractivity contribution in [2.75, 3.05) is 12.3 Å². The average Bonchev–Trinajstić information content (AvgIpc) is 3.10. The van der Waals surface area contributed by atoms with Crippen molar-refractivity contribution >= 4 is 26.1 Å². The minimum atomic E-state index is -3.98. The number of carbonyl (C=O) groups excluding carboxylic acids is 2. The molecule has 0 bridgehead atoms. The molecule has 3 rings (SSSR count). The van der Waals surface area contributed by atoms with E-state index in [9.17, 15) is 18.9 Å². The van der Waals surface area contributed by atoms with E-state index in [0.29, 0.717) is 4.57 Å². The quantitative estimate of drug-likeness (QED) is 0.308. The third-order valence-electron chi connectivity index (χ3n) is 5.36. The Morgan fingerprint density at radius 2 is 1.93 bits per heavy atom. The van der Waals surface area contributed by atoms with Gasteiger partial charge in [-0.25, -0.2) is 14.7 Å². The molecule has 0 radical (unpaired) electrons. The van der Waals surface area contributed by atoms with E-state index in [1.54, 1.807) is 30.3 Å². The summed E-state index contributed by atoms with van der Waals surface area (Å²) < 4.78 is 69.5. The highest BCUT2D eigenvalue weighted by molar-refractivity contribution is 7.36. The second-order valence-electron chi connectivity index (χ2n) is 9.80. The van der Waals surface area contributed by atoms with Crippen LogP contribution in [0.5, 0.6) is 0 Å². The summed E-state index contributed by atoms with van der Waals surface area (Å²) in [5, 5.41) is 2.40. The summed E-state index contributed by atoms with van der Waals surface area (Å²) in [5.74, 6) is -4.91. The molecule has 13 nitrogen and oxygen atoms in total. The van der Waals surface area contributed by atoms with Gasteiger partial charge in [-0.05, 0) is 39.3 Å². The maximum Gasteiger partial charge on any atom is 0.509 e. The number of hydrogen-bond donors (Lipinski definition) is 2. The molecule has 16 heteroatoms. The van der Waals surface area contributed by atoms with Crippen LogP contribution in [-0.4, -0.2) is 58.1 Å². The number of benzene rings is 1. The molecule has 0 aliphatic carbocycles. The van der Waals surface area contributed by atoms with Crippen molar-refractivity contribution in [3.63, 3.8) is 0 Å². The summed E-state index contributed by atoms with van der Waals surface area (Å²) in [4.78, 5) is 40.1. The van der Waals surface area contributed by atoms with E-state index in [1.807, 2.05) is 0 Å². The van der Waals surface area contributed by atoms with Crippen molar-refractivity contribution in [2.45, 2.75) is 70.3 Å². The zero-order chi connectivity index (χ0) is 29.7. The van der Waals surface area contributed by atoms with Crippen LogP contribution in [0, 0.1) is 0 Å². The van der Waals surface area contributed by atoms with E-state index in [4.69, 9.17) is 29.2 Å². The van der Waals surface area contributed by atoms with Crippen molar-refractivity contribution in [1.29, 1.82) is 0 Å². The van der Waals surface area contributed by atoms with Crippen LogP contribution in [0.1, 0.15) is 39.5 Å². The van der Waals surface area contributed by atoms with Gasteiger partial charge in [0.2, 0.25) is 12.3 Å². The third-order valence-corrected chi connectivity index (χ3v) is 6.45. The summed E-state index contributed by atoms with van der Waals surface area (Å²) in [6.07, 6.45) is -6.75. The van der Waals surface area contributed by atoms with Gasteiger partial charge in [-0.2, -0.15) is 13.8 Å². The van der Waals surface area contributed by atoms with Crippen LogP contribution in [0.3, 0.4) is 0 Å². The van der Waals surface area contributed by atoms with Gasteiger partial charge in [0.05, 0.1) is 6.61 Å². The van der Waals surface area contributed by atoms with Crippen molar-refractivity contribution < 1.29 is 46.4 Å². The van der Waals surface area contributed by atoms with E-state index in [-0.39, 0.29) is 12.4 Å². The molecule has 2 heterocycles. The molecule has 1 saturated heterocycles. The second-order valence-corrected chi connectivity index (χ2v) is 11.0. The van der Waals surface area contributed by atoms with Gasteiger partial charge >= 0.3 is 23.7 Å². The Balaban J connectivity index is 1.68. The Morgan fingerprint density at radius 1 is 1.25 bits per heavy atom. The summed E-state index contributed by atoms with van der Waals surface area (Å²) in [7, 11) is -3.21. The Labute approximate surface area is 228 Å². The number of aromatic nitrogens is 2. The van der Waals surface area contributed by atoms with Crippen LogP contribution in [0.4, 0.5) is 19.4 Å². The van der Waals surface area contributed by atoms with Gasteiger partial charge in [-0.15, -0.1) is 0 Å². The molecular formula is C24H31F2N4O9P. The van der Waals surface area contributed by atoms with E-state index < -0.39 is 68.6 Å². The lowest BCUT2D eigenvalue weighted by Gasteiger charge is -2.26. The summed E-state index contributed by atoms with van der Waals surface area (Å²) in [5.41, 5.74) is 3.98. The molecule has 5 atom stereocenters. The fourth-order valence-corrected chi connectivity index (χ4v) is 4.39. The van der Waals surface area contributed by atoms with Crippen molar-refractivity contribution in [3.8, 4) is 0 Å². The van der Waals surface area contributed by atoms with Crippen LogP contribution in [0.25, 0.3) is 0 Å². The fraction of sp³-hybridized carbons (Fsp3) is 0.500. The van der Waals surface area contributed by atoms with Gasteiger partial charge < -0.3 is 29.2 Å². The maximum atomic E-state index is 15.5. The lowest BCUT2D eigenvalue weighted by atomic mass is 10.1. The average molecular weight is 589 g/mol. The van der Waals surface area contributed by atoms with Gasteiger partial charge in [0, 0.05) is 6.20 Å². The lowest BCUT2D eigenvalue weighted by Crippen LogP contribution is -2.45. The highest BCUT2D eigenvalue weighted by atomic mass is 31.1. The molecule has 3 N–H and O–H groups in total. The SMILES string of the molecule is C[C@H](N[PH](=O)OCC1OC(n2ccc(N)nc2=O)C(F)(F)C1OC(=O)OC(C)(C)C)C(=O)OCc1ccccc1. The summed E-state index contributed by atoms with van der Waals surface area (Å²) >= 11 is 0. The standard InChI is InChI=1S/C24H31F2N4O9P/c1-14(19(31)35-12-15-8-6-5-7-9-15)29-40(34)36-13-16-18(38-22(33)39-23(2,3)4)24(25,26)20(37-16)30-11-10-17(27)28-21(30)32/h5-11,14,16,18,20,40H,12-13H2,1-4H3,(H,29,34)(H2,27,28,32)/t14-,16?,18?,20?/m0/s1. The van der Waals surface area contributed by atoms with Gasteiger partial charge in [0.1, 0.15) is 30.2 Å². The first-order valence-electron chi connectivity index (χ1n) is 12.1. The number of anilines is 1. The molecule has 40 heavy (non-hydrogen) atoms. The normalized spacial score (nSPS) is 21.8. The molecule has 1 fully saturated rings. The van der Waals surface area contributed by atoms with Crippen molar-refractivity contribution in [2.24, 2.45) is 0 Å². The number of alkyl halides is 2. The molecule has 220 valence electrons. The van der Waals surface area contributed by atoms with E-state index in [1.165, 1.54) is 27.7 Å². The minimum Gasteiger partial charge on any atom is -0.460 e. The number of nitrogens with zero attached hydrogens (tertiary/aromatic N) is 2. The molecule has 1 aliphatic rings. The molecular weight excluding hydrogens is 557 g/mol. The number of hydrogen-bond acceptors (Lipinski definition) is 11. The van der Waals surface area contributed by atoms with Gasteiger partial charge in [-0.3, -0.25) is 13.9 Å². The van der Waals surface area contributed by atoms with Crippen molar-refractivity contribution in [3.05, 3.63) is 58.6 Å². The number of halogens is 2. The largest absolute Gasteiger partial charge is 0.509 e. The number of ether oxygens (including phenoxy) is 4. The first-order valence-corrected chi connectivity index (χ1v) is 13.4. The smallest absolute Gasteiger partial charge is 0.460 e. The molecule has 0 amide bonds. The molecule has 1 aliphatic heterocycles. The molecule has 2 aromatic rings. The first-order chi connectivity index (χ1) is 18.7. The summed E-state index contributed by atoms with van der Waals surface area (Å²) in [6.45, 7) is 5.11. The zero-order valence-electron chi connectivity index (χ0n) is 22.2. The number of carbonyl (C=O) groups is 2. The lowest BCUT2D eigenvalue weighted by molar-refractivity contribution is -0.149.